The lowest BCUT2D eigenvalue weighted by Crippen LogP contribution is -2.39. The first-order valence-electron chi connectivity index (χ1n) is 5.92. The molecule has 1 aromatic rings. The standard InChI is InChI=1S/C14H10Cl2O3/c15-10-5-4-8(7-11(10)16)14-6-2-1-3-9(14)12(17)19-13(14)18/h1-2,4-5,7,9H,3,6H2/t9-,14+/m0/s1. The van der Waals surface area contributed by atoms with Crippen LogP contribution in [0, 0.1) is 5.92 Å². The third-order valence-electron chi connectivity index (χ3n) is 3.85. The molecule has 1 heterocycles. The molecular weight excluding hydrogens is 287 g/mol. The second kappa shape index (κ2) is 4.36. The Hall–Kier alpha value is -1.32. The fourth-order valence-electron chi connectivity index (χ4n) is 2.83. The monoisotopic (exact) mass is 296 g/mol. The minimum Gasteiger partial charge on any atom is -0.392 e. The normalized spacial score (nSPS) is 29.3. The van der Waals surface area contributed by atoms with Crippen LogP contribution in [0.15, 0.2) is 30.4 Å². The van der Waals surface area contributed by atoms with Gasteiger partial charge in [0.05, 0.1) is 16.0 Å². The van der Waals surface area contributed by atoms with Crippen LogP contribution >= 0.6 is 23.2 Å². The molecule has 98 valence electrons. The molecule has 0 radical (unpaired) electrons. The van der Waals surface area contributed by atoms with Crippen LogP contribution in [0.2, 0.25) is 10.0 Å². The van der Waals surface area contributed by atoms with Gasteiger partial charge in [-0.3, -0.25) is 9.59 Å². The fraction of sp³-hybridized carbons (Fsp3) is 0.286. The van der Waals surface area contributed by atoms with E-state index in [2.05, 4.69) is 0 Å². The van der Waals surface area contributed by atoms with E-state index in [1.54, 1.807) is 18.2 Å². The van der Waals surface area contributed by atoms with E-state index >= 15 is 0 Å². The summed E-state index contributed by atoms with van der Waals surface area (Å²) in [5.74, 6) is -1.42. The first-order valence-corrected chi connectivity index (χ1v) is 6.68. The molecule has 0 N–H and O–H groups in total. The number of rotatable bonds is 1. The summed E-state index contributed by atoms with van der Waals surface area (Å²) >= 11 is 11.9. The van der Waals surface area contributed by atoms with Crippen molar-refractivity contribution >= 4 is 35.1 Å². The van der Waals surface area contributed by atoms with E-state index in [0.717, 1.165) is 0 Å². The average molecular weight is 297 g/mol. The number of allylic oxidation sites excluding steroid dienone is 2. The predicted molar refractivity (Wildman–Crippen MR) is 71.1 cm³/mol. The summed E-state index contributed by atoms with van der Waals surface area (Å²) in [6.07, 6.45) is 4.75. The summed E-state index contributed by atoms with van der Waals surface area (Å²) in [5.41, 5.74) is -0.257. The third-order valence-corrected chi connectivity index (χ3v) is 4.59. The fourth-order valence-corrected chi connectivity index (χ4v) is 3.13. The number of ether oxygens (including phenoxy) is 1. The van der Waals surface area contributed by atoms with Gasteiger partial charge in [0, 0.05) is 0 Å². The van der Waals surface area contributed by atoms with Crippen molar-refractivity contribution in [3.8, 4) is 0 Å². The van der Waals surface area contributed by atoms with Gasteiger partial charge < -0.3 is 4.74 Å². The number of hydrogen-bond donors (Lipinski definition) is 0. The first-order chi connectivity index (χ1) is 9.05. The molecule has 0 aromatic heterocycles. The lowest BCUT2D eigenvalue weighted by molar-refractivity contribution is -0.154. The Kier molecular flexibility index (Phi) is 2.91. The van der Waals surface area contributed by atoms with Gasteiger partial charge in [-0.2, -0.15) is 0 Å². The minimum atomic E-state index is -0.944. The van der Waals surface area contributed by atoms with Crippen molar-refractivity contribution in [1.82, 2.24) is 0 Å². The van der Waals surface area contributed by atoms with Crippen molar-refractivity contribution < 1.29 is 14.3 Å². The third kappa shape index (κ3) is 1.72. The van der Waals surface area contributed by atoms with Crippen molar-refractivity contribution in [3.63, 3.8) is 0 Å². The van der Waals surface area contributed by atoms with Gasteiger partial charge in [-0.1, -0.05) is 41.4 Å². The summed E-state index contributed by atoms with van der Waals surface area (Å²) in [6, 6.07) is 5.02. The maximum Gasteiger partial charge on any atom is 0.325 e. The highest BCUT2D eigenvalue weighted by atomic mass is 35.5. The highest BCUT2D eigenvalue weighted by Crippen LogP contribution is 2.48. The van der Waals surface area contributed by atoms with Gasteiger partial charge >= 0.3 is 11.9 Å². The summed E-state index contributed by atoms with van der Waals surface area (Å²) in [6.45, 7) is 0. The van der Waals surface area contributed by atoms with Crippen LogP contribution in [-0.4, -0.2) is 11.9 Å². The first kappa shape index (κ1) is 12.7. The largest absolute Gasteiger partial charge is 0.392 e. The van der Waals surface area contributed by atoms with Gasteiger partial charge in [0.2, 0.25) is 0 Å². The number of carbonyl (C=O) groups is 2. The molecule has 1 saturated heterocycles. The molecule has 1 aliphatic heterocycles. The Morgan fingerprint density at radius 1 is 1.16 bits per heavy atom. The van der Waals surface area contributed by atoms with Gasteiger partial charge in [-0.15, -0.1) is 0 Å². The Balaban J connectivity index is 2.18. The van der Waals surface area contributed by atoms with E-state index < -0.39 is 23.3 Å². The van der Waals surface area contributed by atoms with Crippen LogP contribution in [0.3, 0.4) is 0 Å². The molecule has 3 nitrogen and oxygen atoms in total. The van der Waals surface area contributed by atoms with Crippen molar-refractivity contribution in [1.29, 1.82) is 0 Å². The summed E-state index contributed by atoms with van der Waals surface area (Å²) in [4.78, 5) is 24.0. The van der Waals surface area contributed by atoms with Crippen LogP contribution in [0.5, 0.6) is 0 Å². The van der Waals surface area contributed by atoms with E-state index in [0.29, 0.717) is 28.5 Å². The molecule has 19 heavy (non-hydrogen) atoms. The summed E-state index contributed by atoms with van der Waals surface area (Å²) in [7, 11) is 0. The molecular formula is C14H10Cl2O3. The lowest BCUT2D eigenvalue weighted by atomic mass is 9.66. The van der Waals surface area contributed by atoms with Gasteiger partial charge in [0.15, 0.2) is 0 Å². The Morgan fingerprint density at radius 3 is 2.68 bits per heavy atom. The second-order valence-corrected chi connectivity index (χ2v) is 5.59. The van der Waals surface area contributed by atoms with E-state index in [9.17, 15) is 9.59 Å². The van der Waals surface area contributed by atoms with E-state index in [-0.39, 0.29) is 0 Å². The number of halogens is 2. The highest BCUT2D eigenvalue weighted by molar-refractivity contribution is 6.42. The van der Waals surface area contributed by atoms with Crippen molar-refractivity contribution in [2.75, 3.05) is 0 Å². The lowest BCUT2D eigenvalue weighted by Gasteiger charge is -2.31. The quantitative estimate of drug-likeness (QED) is 0.454. The molecule has 1 aliphatic carbocycles. The Morgan fingerprint density at radius 2 is 1.95 bits per heavy atom. The second-order valence-electron chi connectivity index (χ2n) is 4.77. The Bertz CT molecular complexity index is 609. The molecule has 3 rings (SSSR count). The van der Waals surface area contributed by atoms with Crippen molar-refractivity contribution in [2.24, 2.45) is 5.92 Å². The molecule has 0 spiro atoms. The maximum atomic E-state index is 12.2. The number of fused-ring (bicyclic) bond motifs is 1. The smallest absolute Gasteiger partial charge is 0.325 e. The molecule has 0 bridgehead atoms. The van der Waals surface area contributed by atoms with E-state index in [1.807, 2.05) is 12.2 Å². The van der Waals surface area contributed by atoms with Crippen LogP contribution in [0.1, 0.15) is 18.4 Å². The minimum absolute atomic E-state index is 0.369. The zero-order valence-corrected chi connectivity index (χ0v) is 11.4. The highest BCUT2D eigenvalue weighted by Gasteiger charge is 2.58. The molecule has 0 saturated carbocycles. The molecule has 5 heteroatoms. The van der Waals surface area contributed by atoms with Gasteiger partial charge in [-0.05, 0) is 30.5 Å². The number of carbonyl (C=O) groups excluding carboxylic acids is 2. The molecule has 2 atom stereocenters. The molecule has 2 aliphatic rings. The number of benzene rings is 1. The summed E-state index contributed by atoms with van der Waals surface area (Å²) < 4.78 is 4.84. The average Bonchev–Trinajstić information content (AvgIpc) is 2.66. The molecule has 0 unspecified atom stereocenters. The molecule has 1 fully saturated rings. The summed E-state index contributed by atoms with van der Waals surface area (Å²) in [5, 5.41) is 0.788. The zero-order valence-electron chi connectivity index (χ0n) is 9.86. The van der Waals surface area contributed by atoms with Gasteiger partial charge in [0.25, 0.3) is 0 Å². The topological polar surface area (TPSA) is 43.4 Å². The zero-order chi connectivity index (χ0) is 13.6. The van der Waals surface area contributed by atoms with Gasteiger partial charge in [-0.25, -0.2) is 0 Å². The van der Waals surface area contributed by atoms with Crippen LogP contribution in [0.25, 0.3) is 0 Å². The number of cyclic esters (lactones) is 2. The van der Waals surface area contributed by atoms with E-state index in [1.165, 1.54) is 0 Å². The Labute approximate surface area is 120 Å². The van der Waals surface area contributed by atoms with Crippen LogP contribution in [0.4, 0.5) is 0 Å². The van der Waals surface area contributed by atoms with Crippen molar-refractivity contribution in [3.05, 3.63) is 46.0 Å². The van der Waals surface area contributed by atoms with Crippen LogP contribution in [-0.2, 0) is 19.7 Å². The number of hydrogen-bond acceptors (Lipinski definition) is 3. The molecule has 1 aromatic carbocycles. The van der Waals surface area contributed by atoms with E-state index in [4.69, 9.17) is 27.9 Å². The number of esters is 2. The maximum absolute atomic E-state index is 12.2. The predicted octanol–water partition coefficient (Wildman–Crippen LogP) is 3.28. The van der Waals surface area contributed by atoms with Gasteiger partial charge in [0.1, 0.15) is 5.41 Å². The molecule has 0 amide bonds. The van der Waals surface area contributed by atoms with Crippen LogP contribution < -0.4 is 0 Å². The SMILES string of the molecule is O=C1OC(=O)[C@@]2(c3ccc(Cl)c(Cl)c3)CC=CC[C@@H]12. The van der Waals surface area contributed by atoms with Crippen molar-refractivity contribution in [2.45, 2.75) is 18.3 Å².